The van der Waals surface area contributed by atoms with Gasteiger partial charge in [-0.2, -0.15) is 0 Å². The van der Waals surface area contributed by atoms with Crippen molar-refractivity contribution in [1.29, 1.82) is 0 Å². The van der Waals surface area contributed by atoms with Gasteiger partial charge in [0.1, 0.15) is 0 Å². The Hall–Kier alpha value is -2.41. The number of hydrogen-bond donors (Lipinski definition) is 0. The molecule has 0 aliphatic heterocycles. The molecule has 0 unspecified atom stereocenters. The average Bonchev–Trinajstić information content (AvgIpc) is 2.76. The predicted octanol–water partition coefficient (Wildman–Crippen LogP) is 10.9. The van der Waals surface area contributed by atoms with Crippen LogP contribution in [0.3, 0.4) is 0 Å². The molecular formula is C26H23F6PS2. The molecular weight excluding hydrogens is 521 g/mol. The molecule has 0 bridgehead atoms. The fourth-order valence-corrected chi connectivity index (χ4v) is 5.90. The first-order valence-corrected chi connectivity index (χ1v) is 14.5. The Morgan fingerprint density at radius 3 is 1.17 bits per heavy atom. The molecule has 0 heterocycles. The molecule has 0 aliphatic rings. The van der Waals surface area contributed by atoms with E-state index < -0.39 is 7.81 Å². The fourth-order valence-electron chi connectivity index (χ4n) is 3.03. The Labute approximate surface area is 208 Å². The van der Waals surface area contributed by atoms with Crippen molar-refractivity contribution < 1.29 is 25.2 Å². The van der Waals surface area contributed by atoms with Crippen LogP contribution < -0.4 is 0 Å². The third-order valence-electron chi connectivity index (χ3n) is 4.55. The first-order valence-electron chi connectivity index (χ1n) is 10.4. The molecule has 0 aliphatic carbocycles. The van der Waals surface area contributed by atoms with Gasteiger partial charge in [0.15, 0.2) is 14.7 Å². The normalized spacial score (nSPS) is 13.4. The summed E-state index contributed by atoms with van der Waals surface area (Å²) in [7, 11) is -10.8. The standard InChI is InChI=1S/C26H23S2.F6P/c1-20-8-14-24(15-9-20)28(25-16-10-21(2)11-17-25)26-18-12-23(13-19-26)27-22-6-4-3-5-7-22;1-7(2,3,4,5)6/h3-19H,1-2H3;/q+1;-1. The van der Waals surface area contributed by atoms with Gasteiger partial charge in [0.2, 0.25) is 0 Å². The van der Waals surface area contributed by atoms with E-state index in [1.165, 1.54) is 35.6 Å². The summed E-state index contributed by atoms with van der Waals surface area (Å²) < 4.78 is 59.2. The fraction of sp³-hybridized carbons (Fsp3) is 0.0769. The predicted molar refractivity (Wildman–Crippen MR) is 135 cm³/mol. The van der Waals surface area contributed by atoms with Gasteiger partial charge in [0, 0.05) is 9.79 Å². The molecule has 0 atom stereocenters. The maximum atomic E-state index is 9.87. The summed E-state index contributed by atoms with van der Waals surface area (Å²) in [4.78, 5) is 6.61. The molecule has 186 valence electrons. The van der Waals surface area contributed by atoms with Crippen LogP contribution in [0, 0.1) is 13.8 Å². The molecule has 0 amide bonds. The first-order chi connectivity index (χ1) is 16.1. The van der Waals surface area contributed by atoms with Crippen molar-refractivity contribution >= 4 is 30.5 Å². The van der Waals surface area contributed by atoms with E-state index in [9.17, 15) is 25.2 Å². The van der Waals surface area contributed by atoms with Crippen molar-refractivity contribution in [3.05, 3.63) is 114 Å². The van der Waals surface area contributed by atoms with Crippen LogP contribution in [0.5, 0.6) is 0 Å². The Morgan fingerprint density at radius 1 is 0.486 bits per heavy atom. The summed E-state index contributed by atoms with van der Waals surface area (Å²) in [5.74, 6) is 0. The number of rotatable bonds is 5. The summed E-state index contributed by atoms with van der Waals surface area (Å²) >= 11 is 1.81. The third-order valence-corrected chi connectivity index (χ3v) is 7.80. The van der Waals surface area contributed by atoms with Crippen LogP contribution in [0.4, 0.5) is 25.2 Å². The molecule has 0 saturated heterocycles. The second-order valence-electron chi connectivity index (χ2n) is 7.78. The Kier molecular flexibility index (Phi) is 7.70. The molecule has 4 rings (SSSR count). The number of halogens is 6. The van der Waals surface area contributed by atoms with E-state index in [1.54, 1.807) is 11.8 Å². The minimum absolute atomic E-state index is 0.0952. The van der Waals surface area contributed by atoms with Crippen molar-refractivity contribution in [1.82, 2.24) is 0 Å². The third kappa shape index (κ3) is 10.4. The van der Waals surface area contributed by atoms with Crippen LogP contribution in [0.25, 0.3) is 0 Å². The van der Waals surface area contributed by atoms with Crippen LogP contribution in [0.1, 0.15) is 11.1 Å². The van der Waals surface area contributed by atoms with Crippen molar-refractivity contribution in [2.75, 3.05) is 0 Å². The van der Waals surface area contributed by atoms with E-state index in [2.05, 4.69) is 117 Å². The topological polar surface area (TPSA) is 0 Å². The Balaban J connectivity index is 0.000000429. The second-order valence-corrected chi connectivity index (χ2v) is 12.9. The van der Waals surface area contributed by atoms with E-state index in [0.717, 1.165) is 0 Å². The van der Waals surface area contributed by atoms with Crippen LogP contribution in [-0.4, -0.2) is 0 Å². The second kappa shape index (κ2) is 9.92. The Morgan fingerprint density at radius 2 is 0.800 bits per heavy atom. The van der Waals surface area contributed by atoms with E-state index in [1.807, 2.05) is 0 Å². The molecule has 35 heavy (non-hydrogen) atoms. The van der Waals surface area contributed by atoms with Gasteiger partial charge >= 0.3 is 33.0 Å². The molecule has 0 spiro atoms. The maximum absolute atomic E-state index is 10.7. The minimum atomic E-state index is -10.7. The van der Waals surface area contributed by atoms with Crippen molar-refractivity contribution in [3.8, 4) is 0 Å². The van der Waals surface area contributed by atoms with E-state index in [-0.39, 0.29) is 10.9 Å². The molecule has 4 aromatic carbocycles. The van der Waals surface area contributed by atoms with Crippen LogP contribution in [0.2, 0.25) is 0 Å². The average molecular weight is 545 g/mol. The molecule has 0 aromatic heterocycles. The first kappa shape index (κ1) is 27.2. The molecule has 0 saturated carbocycles. The van der Waals surface area contributed by atoms with E-state index in [4.69, 9.17) is 0 Å². The molecule has 0 nitrogen and oxygen atoms in total. The summed E-state index contributed by atoms with van der Waals surface area (Å²) in [6.45, 7) is 4.28. The van der Waals surface area contributed by atoms with Gasteiger partial charge in [-0.05, 0) is 74.5 Å². The summed E-state index contributed by atoms with van der Waals surface area (Å²) in [6.07, 6.45) is 0. The van der Waals surface area contributed by atoms with Gasteiger partial charge in [-0.15, -0.1) is 0 Å². The van der Waals surface area contributed by atoms with Crippen LogP contribution >= 0.6 is 19.6 Å². The van der Waals surface area contributed by atoms with Gasteiger partial charge in [-0.25, -0.2) is 0 Å². The molecule has 0 N–H and O–H groups in total. The molecule has 0 radical (unpaired) electrons. The number of benzene rings is 4. The van der Waals surface area contributed by atoms with Crippen molar-refractivity contribution in [2.24, 2.45) is 0 Å². The van der Waals surface area contributed by atoms with Gasteiger partial charge in [-0.3, -0.25) is 0 Å². The quantitative estimate of drug-likeness (QED) is 0.137. The van der Waals surface area contributed by atoms with Crippen LogP contribution in [0.15, 0.2) is 128 Å². The van der Waals surface area contributed by atoms with Crippen LogP contribution in [-0.2, 0) is 10.9 Å². The zero-order valence-electron chi connectivity index (χ0n) is 18.8. The summed E-state index contributed by atoms with van der Waals surface area (Å²) in [5, 5.41) is 0. The zero-order valence-corrected chi connectivity index (χ0v) is 21.4. The van der Waals surface area contributed by atoms with Crippen molar-refractivity contribution in [2.45, 2.75) is 38.3 Å². The SMILES string of the molecule is Cc1ccc([S+](c2ccc(C)cc2)c2ccc(Sc3ccccc3)cc2)cc1.F[P-](F)(F)(F)(F)F. The molecule has 4 aromatic rings. The zero-order chi connectivity index (χ0) is 25.8. The molecule has 0 fully saturated rings. The monoisotopic (exact) mass is 544 g/mol. The van der Waals surface area contributed by atoms with Gasteiger partial charge in [0.25, 0.3) is 0 Å². The van der Waals surface area contributed by atoms with E-state index >= 15 is 0 Å². The number of hydrogen-bond acceptors (Lipinski definition) is 1. The van der Waals surface area contributed by atoms with Crippen molar-refractivity contribution in [3.63, 3.8) is 0 Å². The van der Waals surface area contributed by atoms with E-state index in [0.29, 0.717) is 0 Å². The van der Waals surface area contributed by atoms with Gasteiger partial charge < -0.3 is 0 Å². The Bertz CT molecular complexity index is 1180. The van der Waals surface area contributed by atoms with Gasteiger partial charge in [-0.1, -0.05) is 65.4 Å². The summed E-state index contributed by atoms with van der Waals surface area (Å²) in [6, 6.07) is 37.5. The summed E-state index contributed by atoms with van der Waals surface area (Å²) in [5.41, 5.74) is 2.59. The number of aryl methyl sites for hydroxylation is 2. The molecule has 9 heteroatoms. The van der Waals surface area contributed by atoms with Gasteiger partial charge in [0.05, 0.1) is 10.9 Å².